The number of benzene rings is 1. The fourth-order valence-electron chi connectivity index (χ4n) is 4.47. The van der Waals surface area contributed by atoms with Crippen LogP contribution in [0.2, 0.25) is 0 Å². The highest BCUT2D eigenvalue weighted by Gasteiger charge is 2.32. The summed E-state index contributed by atoms with van der Waals surface area (Å²) in [4.78, 5) is 6.88. The van der Waals surface area contributed by atoms with Crippen molar-refractivity contribution in [2.45, 2.75) is 32.2 Å². The zero-order valence-electron chi connectivity index (χ0n) is 15.0. The summed E-state index contributed by atoms with van der Waals surface area (Å²) in [5.74, 6) is 0.399. The van der Waals surface area contributed by atoms with Crippen molar-refractivity contribution < 1.29 is 4.39 Å². The van der Waals surface area contributed by atoms with E-state index in [9.17, 15) is 4.39 Å². The Balaban J connectivity index is 1.69. The third kappa shape index (κ3) is 2.56. The van der Waals surface area contributed by atoms with Gasteiger partial charge in [-0.05, 0) is 74.3 Å². The van der Waals surface area contributed by atoms with Crippen LogP contribution in [-0.4, -0.2) is 27.5 Å². The molecule has 0 unspecified atom stereocenters. The summed E-state index contributed by atoms with van der Waals surface area (Å²) in [5, 5.41) is 1.06. The van der Waals surface area contributed by atoms with Crippen molar-refractivity contribution in [1.82, 2.24) is 14.5 Å². The maximum Gasteiger partial charge on any atom is 0.123 e. The molecule has 0 saturated carbocycles. The monoisotopic (exact) mass is 347 g/mol. The van der Waals surface area contributed by atoms with Crippen LogP contribution in [-0.2, 0) is 6.54 Å². The van der Waals surface area contributed by atoms with Crippen LogP contribution >= 0.6 is 0 Å². The van der Waals surface area contributed by atoms with Crippen molar-refractivity contribution in [2.75, 3.05) is 13.1 Å². The molecule has 2 bridgehead atoms. The average molecular weight is 347 g/mol. The highest BCUT2D eigenvalue weighted by atomic mass is 19.1. The molecule has 0 aliphatic carbocycles. The predicted molar refractivity (Wildman–Crippen MR) is 103 cm³/mol. The van der Waals surface area contributed by atoms with Crippen LogP contribution in [0.1, 0.15) is 41.3 Å². The normalized spacial score (nSPS) is 22.1. The zero-order chi connectivity index (χ0) is 17.7. The van der Waals surface area contributed by atoms with Gasteiger partial charge in [-0.3, -0.25) is 9.88 Å². The van der Waals surface area contributed by atoms with Gasteiger partial charge >= 0.3 is 0 Å². The molecular formula is C22H22FN3. The lowest BCUT2D eigenvalue weighted by molar-refractivity contribution is 0.220. The van der Waals surface area contributed by atoms with E-state index < -0.39 is 0 Å². The minimum Gasteiger partial charge on any atom is -0.320 e. The molecule has 0 radical (unpaired) electrons. The van der Waals surface area contributed by atoms with Gasteiger partial charge in [-0.2, -0.15) is 0 Å². The maximum absolute atomic E-state index is 14.0. The molecule has 1 saturated heterocycles. The quantitative estimate of drug-likeness (QED) is 0.664. The molecule has 0 N–H and O–H groups in total. The van der Waals surface area contributed by atoms with Crippen molar-refractivity contribution in [3.8, 4) is 0 Å². The molecule has 0 amide bonds. The van der Waals surface area contributed by atoms with Gasteiger partial charge in [-0.15, -0.1) is 0 Å². The lowest BCUT2D eigenvalue weighted by atomic mass is 9.94. The predicted octanol–water partition coefficient (Wildman–Crippen LogP) is 4.80. The number of pyridine rings is 1. The minimum atomic E-state index is -0.157. The smallest absolute Gasteiger partial charge is 0.123 e. The Kier molecular flexibility index (Phi) is 3.68. The summed E-state index contributed by atoms with van der Waals surface area (Å²) in [6.07, 6.45) is 8.51. The van der Waals surface area contributed by atoms with Gasteiger partial charge in [0.05, 0.1) is 5.52 Å². The molecule has 0 atom stereocenters. The molecule has 4 heteroatoms. The first-order valence-corrected chi connectivity index (χ1v) is 9.34. The fourth-order valence-corrected chi connectivity index (χ4v) is 4.47. The van der Waals surface area contributed by atoms with Crippen molar-refractivity contribution in [3.63, 3.8) is 0 Å². The first-order valence-electron chi connectivity index (χ1n) is 9.34. The number of aromatic nitrogens is 2. The fraction of sp³-hybridized carbons (Fsp3) is 0.318. The molecule has 3 aromatic rings. The number of hydrogen-bond donors (Lipinski definition) is 0. The molecule has 5 heterocycles. The number of nitrogens with zero attached hydrogens (tertiary/aromatic N) is 3. The van der Waals surface area contributed by atoms with E-state index in [1.54, 1.807) is 12.1 Å². The van der Waals surface area contributed by atoms with E-state index in [2.05, 4.69) is 32.8 Å². The van der Waals surface area contributed by atoms with Crippen LogP contribution in [0.4, 0.5) is 4.39 Å². The van der Waals surface area contributed by atoms with Gasteiger partial charge < -0.3 is 4.57 Å². The number of aryl methyl sites for hydroxylation is 1. The summed E-state index contributed by atoms with van der Waals surface area (Å²) < 4.78 is 16.3. The summed E-state index contributed by atoms with van der Waals surface area (Å²) in [5.41, 5.74) is 5.88. The van der Waals surface area contributed by atoms with Gasteiger partial charge in [0.2, 0.25) is 0 Å². The summed E-state index contributed by atoms with van der Waals surface area (Å²) in [7, 11) is 0. The molecule has 3 nitrogen and oxygen atoms in total. The lowest BCUT2D eigenvalue weighted by Crippen LogP contribution is -2.29. The van der Waals surface area contributed by atoms with Gasteiger partial charge in [0.15, 0.2) is 0 Å². The van der Waals surface area contributed by atoms with Gasteiger partial charge in [0.1, 0.15) is 5.82 Å². The Morgan fingerprint density at radius 3 is 2.77 bits per heavy atom. The van der Waals surface area contributed by atoms with E-state index in [0.717, 1.165) is 41.8 Å². The van der Waals surface area contributed by atoms with Crippen LogP contribution in [0.5, 0.6) is 0 Å². The third-order valence-corrected chi connectivity index (χ3v) is 5.82. The van der Waals surface area contributed by atoms with Gasteiger partial charge in [0, 0.05) is 41.6 Å². The van der Waals surface area contributed by atoms with Crippen molar-refractivity contribution in [2.24, 2.45) is 0 Å². The van der Waals surface area contributed by atoms with Crippen LogP contribution < -0.4 is 0 Å². The highest BCUT2D eigenvalue weighted by molar-refractivity contribution is 5.89. The second-order valence-corrected chi connectivity index (χ2v) is 7.49. The topological polar surface area (TPSA) is 21.1 Å². The second-order valence-electron chi connectivity index (χ2n) is 7.49. The Morgan fingerprint density at radius 2 is 2.00 bits per heavy atom. The molecule has 3 aliphatic heterocycles. The SMILES string of the molecule is Cc1ccc(C=Cn2c3c(c4cc(F)ccc42)CN2CCC3CC2)cn1. The third-order valence-electron chi connectivity index (χ3n) is 5.82. The molecule has 6 rings (SSSR count). The van der Waals surface area contributed by atoms with E-state index in [1.807, 2.05) is 25.3 Å². The standard InChI is InChI=1S/C22H22FN3/c1-15-2-3-16(13-24-15)6-11-26-21-5-4-18(23)12-19(21)20-14-25-9-7-17(8-10-25)22(20)26/h2-6,11-13,17H,7-10,14H2,1H3. The summed E-state index contributed by atoms with van der Waals surface area (Å²) in [6, 6.07) is 9.30. The van der Waals surface area contributed by atoms with Gasteiger partial charge in [-0.25, -0.2) is 4.39 Å². The summed E-state index contributed by atoms with van der Waals surface area (Å²) >= 11 is 0. The Morgan fingerprint density at radius 1 is 1.15 bits per heavy atom. The van der Waals surface area contributed by atoms with Crippen molar-refractivity contribution in [1.29, 1.82) is 0 Å². The molecule has 132 valence electrons. The number of piperidine rings is 1. The van der Waals surface area contributed by atoms with E-state index >= 15 is 0 Å². The molecule has 3 aliphatic rings. The van der Waals surface area contributed by atoms with Crippen molar-refractivity contribution in [3.05, 3.63) is 64.9 Å². The number of rotatable bonds is 2. The molecule has 2 aromatic heterocycles. The Hall–Kier alpha value is -2.46. The van der Waals surface area contributed by atoms with Gasteiger partial charge in [-0.1, -0.05) is 6.07 Å². The molecular weight excluding hydrogens is 325 g/mol. The number of halogens is 1. The summed E-state index contributed by atoms with van der Waals surface area (Å²) in [6.45, 7) is 5.20. The Bertz CT molecular complexity index is 992. The maximum atomic E-state index is 14.0. The lowest BCUT2D eigenvalue weighted by Gasteiger charge is -2.27. The highest BCUT2D eigenvalue weighted by Crippen LogP contribution is 2.41. The van der Waals surface area contributed by atoms with E-state index in [0.29, 0.717) is 5.92 Å². The molecule has 26 heavy (non-hydrogen) atoms. The average Bonchev–Trinajstić information content (AvgIpc) is 2.78. The van der Waals surface area contributed by atoms with Crippen LogP contribution in [0.3, 0.4) is 0 Å². The second kappa shape index (κ2) is 6.06. The van der Waals surface area contributed by atoms with E-state index in [1.165, 1.54) is 24.1 Å². The van der Waals surface area contributed by atoms with Gasteiger partial charge in [0.25, 0.3) is 0 Å². The van der Waals surface area contributed by atoms with Crippen LogP contribution in [0.15, 0.2) is 36.5 Å². The van der Waals surface area contributed by atoms with Crippen molar-refractivity contribution >= 4 is 23.2 Å². The number of hydrogen-bond acceptors (Lipinski definition) is 2. The van der Waals surface area contributed by atoms with E-state index in [4.69, 9.17) is 0 Å². The first-order chi connectivity index (χ1) is 12.7. The molecule has 0 spiro atoms. The Labute approximate surface area is 152 Å². The first kappa shape index (κ1) is 15.8. The molecule has 1 aromatic carbocycles. The largest absolute Gasteiger partial charge is 0.320 e. The zero-order valence-corrected chi connectivity index (χ0v) is 15.0. The van der Waals surface area contributed by atoms with Crippen LogP contribution in [0, 0.1) is 12.7 Å². The minimum absolute atomic E-state index is 0.157. The molecule has 1 fully saturated rings. The van der Waals surface area contributed by atoms with E-state index in [-0.39, 0.29) is 5.82 Å². The number of fused-ring (bicyclic) bond motifs is 3. The van der Waals surface area contributed by atoms with Crippen LogP contribution in [0.25, 0.3) is 23.2 Å².